The molecule has 0 unspecified atom stereocenters. The summed E-state index contributed by atoms with van der Waals surface area (Å²) in [5.41, 5.74) is 3.98. The Hall–Kier alpha value is -2.22. The van der Waals surface area contributed by atoms with Crippen molar-refractivity contribution in [2.24, 2.45) is 7.05 Å². The Morgan fingerprint density at radius 3 is 2.59 bits per heavy atom. The zero-order valence-electron chi connectivity index (χ0n) is 12.6. The van der Waals surface area contributed by atoms with Crippen molar-refractivity contribution in [2.75, 3.05) is 7.11 Å². The number of hydrogen-bond donors (Lipinski definition) is 0. The second kappa shape index (κ2) is 5.20. The molecule has 114 valence electrons. The SMILES string of the molecule is COC(=O)c1cc(-c2cn(C)nc2C)nc2c(Br)c(C)nn12. The summed E-state index contributed by atoms with van der Waals surface area (Å²) in [4.78, 5) is 16.7. The van der Waals surface area contributed by atoms with Gasteiger partial charge in [-0.2, -0.15) is 10.2 Å². The predicted molar refractivity (Wildman–Crippen MR) is 83.7 cm³/mol. The lowest BCUT2D eigenvalue weighted by Gasteiger charge is -2.06. The molecule has 0 radical (unpaired) electrons. The lowest BCUT2D eigenvalue weighted by atomic mass is 10.1. The number of carbonyl (C=O) groups excluding carboxylic acids is 1. The number of halogens is 1. The molecule has 3 heterocycles. The van der Waals surface area contributed by atoms with Crippen molar-refractivity contribution in [1.82, 2.24) is 24.4 Å². The third-order valence-electron chi connectivity index (χ3n) is 3.38. The molecule has 0 saturated heterocycles. The number of fused-ring (bicyclic) bond motifs is 1. The van der Waals surface area contributed by atoms with E-state index in [1.165, 1.54) is 11.6 Å². The smallest absolute Gasteiger partial charge is 0.356 e. The highest BCUT2D eigenvalue weighted by atomic mass is 79.9. The van der Waals surface area contributed by atoms with E-state index in [-0.39, 0.29) is 0 Å². The van der Waals surface area contributed by atoms with Crippen LogP contribution in [0.15, 0.2) is 16.7 Å². The molecule has 0 N–H and O–H groups in total. The van der Waals surface area contributed by atoms with Crippen LogP contribution < -0.4 is 0 Å². The molecule has 7 nitrogen and oxygen atoms in total. The first-order valence-electron chi connectivity index (χ1n) is 6.57. The minimum Gasteiger partial charge on any atom is -0.464 e. The van der Waals surface area contributed by atoms with Crippen LogP contribution in [0, 0.1) is 13.8 Å². The maximum atomic E-state index is 12.1. The molecule has 3 aromatic heterocycles. The lowest BCUT2D eigenvalue weighted by molar-refractivity contribution is 0.0590. The highest BCUT2D eigenvalue weighted by molar-refractivity contribution is 9.10. The molecule has 0 spiro atoms. The largest absolute Gasteiger partial charge is 0.464 e. The average molecular weight is 364 g/mol. The van der Waals surface area contributed by atoms with Crippen LogP contribution in [0.1, 0.15) is 21.9 Å². The highest BCUT2D eigenvalue weighted by Gasteiger charge is 2.20. The summed E-state index contributed by atoms with van der Waals surface area (Å²) < 4.78 is 8.81. The van der Waals surface area contributed by atoms with Gasteiger partial charge >= 0.3 is 5.97 Å². The van der Waals surface area contributed by atoms with Gasteiger partial charge in [0.2, 0.25) is 0 Å². The van der Waals surface area contributed by atoms with E-state index in [2.05, 4.69) is 31.1 Å². The molecule has 0 fully saturated rings. The van der Waals surface area contributed by atoms with Crippen molar-refractivity contribution in [3.63, 3.8) is 0 Å². The Balaban J connectivity index is 2.35. The van der Waals surface area contributed by atoms with Crippen LogP contribution in [-0.4, -0.2) is 37.5 Å². The Labute approximate surface area is 135 Å². The summed E-state index contributed by atoms with van der Waals surface area (Å²) in [5.74, 6) is -0.467. The van der Waals surface area contributed by atoms with Crippen LogP contribution in [-0.2, 0) is 11.8 Å². The fraction of sp³-hybridized carbons (Fsp3) is 0.286. The number of esters is 1. The summed E-state index contributed by atoms with van der Waals surface area (Å²) in [6.45, 7) is 3.74. The molecule has 0 bridgehead atoms. The number of aryl methyl sites for hydroxylation is 3. The molecule has 0 aliphatic carbocycles. The minimum absolute atomic E-state index is 0.319. The average Bonchev–Trinajstić information content (AvgIpc) is 2.97. The van der Waals surface area contributed by atoms with Crippen molar-refractivity contribution >= 4 is 27.5 Å². The van der Waals surface area contributed by atoms with E-state index in [1.807, 2.05) is 27.1 Å². The van der Waals surface area contributed by atoms with E-state index in [1.54, 1.807) is 10.7 Å². The first-order valence-corrected chi connectivity index (χ1v) is 7.36. The summed E-state index contributed by atoms with van der Waals surface area (Å²) in [6, 6.07) is 1.67. The summed E-state index contributed by atoms with van der Waals surface area (Å²) >= 11 is 3.47. The van der Waals surface area contributed by atoms with Crippen LogP contribution in [0.4, 0.5) is 0 Å². The van der Waals surface area contributed by atoms with Gasteiger partial charge in [-0.15, -0.1) is 0 Å². The molecule has 0 saturated carbocycles. The van der Waals surface area contributed by atoms with Gasteiger partial charge < -0.3 is 4.74 Å². The fourth-order valence-electron chi connectivity index (χ4n) is 2.34. The van der Waals surface area contributed by atoms with Crippen molar-refractivity contribution in [3.8, 4) is 11.3 Å². The molecule has 0 atom stereocenters. The number of carbonyl (C=O) groups is 1. The van der Waals surface area contributed by atoms with Crippen molar-refractivity contribution in [2.45, 2.75) is 13.8 Å². The lowest BCUT2D eigenvalue weighted by Crippen LogP contribution is -2.10. The van der Waals surface area contributed by atoms with Crippen LogP contribution in [0.5, 0.6) is 0 Å². The van der Waals surface area contributed by atoms with Gasteiger partial charge in [-0.1, -0.05) is 0 Å². The molecule has 3 rings (SSSR count). The van der Waals surface area contributed by atoms with E-state index >= 15 is 0 Å². The van der Waals surface area contributed by atoms with Crippen LogP contribution in [0.25, 0.3) is 16.9 Å². The molecular weight excluding hydrogens is 350 g/mol. The second-order valence-corrected chi connectivity index (χ2v) is 5.75. The van der Waals surface area contributed by atoms with Crippen molar-refractivity contribution < 1.29 is 9.53 Å². The monoisotopic (exact) mass is 363 g/mol. The molecule has 22 heavy (non-hydrogen) atoms. The van der Waals surface area contributed by atoms with Crippen molar-refractivity contribution in [3.05, 3.63) is 33.8 Å². The van der Waals surface area contributed by atoms with Gasteiger partial charge in [-0.3, -0.25) is 4.68 Å². The molecule has 0 amide bonds. The first-order chi connectivity index (χ1) is 10.4. The Morgan fingerprint density at radius 2 is 2.00 bits per heavy atom. The number of rotatable bonds is 2. The third-order valence-corrected chi connectivity index (χ3v) is 4.30. The van der Waals surface area contributed by atoms with Crippen LogP contribution in [0.2, 0.25) is 0 Å². The number of nitrogens with zero attached hydrogens (tertiary/aromatic N) is 5. The predicted octanol–water partition coefficient (Wildman–Crippen LogP) is 2.30. The Kier molecular flexibility index (Phi) is 3.48. The Morgan fingerprint density at radius 1 is 1.27 bits per heavy atom. The summed E-state index contributed by atoms with van der Waals surface area (Å²) in [6.07, 6.45) is 1.87. The van der Waals surface area contributed by atoms with Crippen LogP contribution in [0.3, 0.4) is 0 Å². The van der Waals surface area contributed by atoms with E-state index in [9.17, 15) is 4.79 Å². The minimum atomic E-state index is -0.467. The van der Waals surface area contributed by atoms with Gasteiger partial charge in [0, 0.05) is 18.8 Å². The quantitative estimate of drug-likeness (QED) is 0.653. The molecule has 3 aromatic rings. The number of ether oxygens (including phenoxy) is 1. The van der Waals surface area contributed by atoms with Gasteiger partial charge in [0.1, 0.15) is 0 Å². The van der Waals surface area contributed by atoms with Crippen molar-refractivity contribution in [1.29, 1.82) is 0 Å². The molecule has 0 aliphatic rings. The maximum absolute atomic E-state index is 12.1. The van der Waals surface area contributed by atoms with Gasteiger partial charge in [-0.05, 0) is 35.8 Å². The third kappa shape index (κ3) is 2.19. The molecule has 0 aliphatic heterocycles. The normalized spacial score (nSPS) is 11.1. The zero-order valence-corrected chi connectivity index (χ0v) is 14.2. The highest BCUT2D eigenvalue weighted by Crippen LogP contribution is 2.27. The first kappa shape index (κ1) is 14.7. The molecule has 0 aromatic carbocycles. The van der Waals surface area contributed by atoms with Gasteiger partial charge in [0.05, 0.1) is 28.7 Å². The standard InChI is InChI=1S/C14H14BrN5O2/c1-7-9(6-19(3)17-7)10-5-11(14(21)22-4)20-13(16-10)12(15)8(2)18-20/h5-6H,1-4H3. The van der Waals surface area contributed by atoms with E-state index < -0.39 is 5.97 Å². The van der Waals surface area contributed by atoms with E-state index in [0.29, 0.717) is 17.0 Å². The molecular formula is C14H14BrN5O2. The van der Waals surface area contributed by atoms with Crippen LogP contribution >= 0.6 is 15.9 Å². The van der Waals surface area contributed by atoms with E-state index in [0.717, 1.165) is 21.4 Å². The van der Waals surface area contributed by atoms with Gasteiger partial charge in [0.25, 0.3) is 0 Å². The van der Waals surface area contributed by atoms with E-state index in [4.69, 9.17) is 4.74 Å². The van der Waals surface area contributed by atoms with Gasteiger partial charge in [0.15, 0.2) is 11.3 Å². The second-order valence-electron chi connectivity index (χ2n) is 4.95. The number of aromatic nitrogens is 5. The number of hydrogen-bond acceptors (Lipinski definition) is 5. The van der Waals surface area contributed by atoms with Gasteiger partial charge in [-0.25, -0.2) is 14.3 Å². The number of methoxy groups -OCH3 is 1. The Bertz CT molecular complexity index is 896. The summed E-state index contributed by atoms with van der Waals surface area (Å²) in [5, 5.41) is 8.65. The summed E-state index contributed by atoms with van der Waals surface area (Å²) in [7, 11) is 3.18. The topological polar surface area (TPSA) is 74.3 Å². The fourth-order valence-corrected chi connectivity index (χ4v) is 2.67. The molecule has 8 heteroatoms. The maximum Gasteiger partial charge on any atom is 0.356 e. The zero-order chi connectivity index (χ0) is 16.0.